The third-order valence-electron chi connectivity index (χ3n) is 4.74. The number of carbonyl (C=O) groups excluding carboxylic acids is 2. The first kappa shape index (κ1) is 18.8. The van der Waals surface area contributed by atoms with E-state index in [2.05, 4.69) is 0 Å². The first-order chi connectivity index (χ1) is 13.9. The largest absolute Gasteiger partial charge is 0.484 e. The van der Waals surface area contributed by atoms with E-state index in [0.717, 1.165) is 0 Å². The Kier molecular flexibility index (Phi) is 4.62. The molecule has 4 rings (SSSR count). The van der Waals surface area contributed by atoms with E-state index < -0.39 is 23.9 Å². The Morgan fingerprint density at radius 2 is 2.00 bits per heavy atom. The number of benzene rings is 2. The Bertz CT molecular complexity index is 1120. The van der Waals surface area contributed by atoms with Gasteiger partial charge in [-0.15, -0.1) is 0 Å². The normalized spacial score (nSPS) is 15.1. The summed E-state index contributed by atoms with van der Waals surface area (Å²) < 4.78 is 35.1. The maximum absolute atomic E-state index is 13.3. The van der Waals surface area contributed by atoms with Crippen LogP contribution in [0.4, 0.5) is 10.1 Å². The Hall–Kier alpha value is -3.55. The minimum Gasteiger partial charge on any atom is -0.484 e. The lowest BCUT2D eigenvalue weighted by molar-refractivity contribution is -0.143. The highest BCUT2D eigenvalue weighted by molar-refractivity contribution is 6.11. The zero-order valence-corrected chi connectivity index (χ0v) is 15.8. The Labute approximate surface area is 165 Å². The van der Waals surface area contributed by atoms with Crippen LogP contribution in [0.2, 0.25) is 0 Å². The van der Waals surface area contributed by atoms with Gasteiger partial charge in [0.1, 0.15) is 41.2 Å². The van der Waals surface area contributed by atoms with Gasteiger partial charge in [-0.25, -0.2) is 9.18 Å². The van der Waals surface area contributed by atoms with Gasteiger partial charge in [-0.1, -0.05) is 0 Å². The Morgan fingerprint density at radius 3 is 2.66 bits per heavy atom. The number of fused-ring (bicyclic) bond motifs is 3. The van der Waals surface area contributed by atoms with Crippen molar-refractivity contribution >= 4 is 28.6 Å². The highest BCUT2D eigenvalue weighted by atomic mass is 19.1. The van der Waals surface area contributed by atoms with Crippen LogP contribution in [-0.4, -0.2) is 31.8 Å². The van der Waals surface area contributed by atoms with Crippen molar-refractivity contribution in [2.45, 2.75) is 19.4 Å². The number of ether oxygens (including phenoxy) is 3. The van der Waals surface area contributed by atoms with Crippen LogP contribution in [-0.2, 0) is 20.7 Å². The van der Waals surface area contributed by atoms with Crippen molar-refractivity contribution in [3.8, 4) is 17.1 Å². The van der Waals surface area contributed by atoms with Crippen LogP contribution in [0.3, 0.4) is 0 Å². The van der Waals surface area contributed by atoms with E-state index in [1.165, 1.54) is 38.3 Å². The molecular formula is C21H18FNO6. The predicted molar refractivity (Wildman–Crippen MR) is 102 cm³/mol. The van der Waals surface area contributed by atoms with Gasteiger partial charge < -0.3 is 24.4 Å². The van der Waals surface area contributed by atoms with E-state index in [4.69, 9.17) is 24.4 Å². The molecule has 0 saturated carbocycles. The number of nitrogen functional groups attached to an aromatic ring is 1. The second-order valence-corrected chi connectivity index (χ2v) is 6.70. The number of methoxy groups -OCH3 is 1. The third-order valence-corrected chi connectivity index (χ3v) is 4.74. The minimum absolute atomic E-state index is 0.0567. The van der Waals surface area contributed by atoms with Gasteiger partial charge in [-0.3, -0.25) is 4.79 Å². The summed E-state index contributed by atoms with van der Waals surface area (Å²) in [6.07, 6.45) is -0.0623. The molecule has 1 aromatic heterocycles. The number of esters is 2. The first-order valence-electron chi connectivity index (χ1n) is 8.91. The van der Waals surface area contributed by atoms with E-state index in [9.17, 15) is 14.0 Å². The lowest BCUT2D eigenvalue weighted by atomic mass is 9.98. The number of anilines is 1. The summed E-state index contributed by atoms with van der Waals surface area (Å²) in [5.41, 5.74) is 8.26. The molecule has 0 amide bonds. The Morgan fingerprint density at radius 1 is 1.28 bits per heavy atom. The lowest BCUT2D eigenvalue weighted by Crippen LogP contribution is -2.22. The average molecular weight is 399 g/mol. The fraction of sp³-hybridized carbons (Fsp3) is 0.238. The molecule has 3 aromatic rings. The molecule has 0 spiro atoms. The smallest absolute Gasteiger partial charge is 0.342 e. The molecule has 29 heavy (non-hydrogen) atoms. The van der Waals surface area contributed by atoms with Crippen LogP contribution in [0.25, 0.3) is 22.3 Å². The fourth-order valence-corrected chi connectivity index (χ4v) is 3.52. The maximum Gasteiger partial charge on any atom is 0.342 e. The lowest BCUT2D eigenvalue weighted by Gasteiger charge is -2.10. The maximum atomic E-state index is 13.3. The summed E-state index contributed by atoms with van der Waals surface area (Å²) in [6.45, 7) is 1.37. The van der Waals surface area contributed by atoms with Gasteiger partial charge >= 0.3 is 11.9 Å². The second kappa shape index (κ2) is 7.12. The van der Waals surface area contributed by atoms with Gasteiger partial charge in [-0.2, -0.15) is 0 Å². The topological polar surface area (TPSA) is 101 Å². The van der Waals surface area contributed by atoms with Crippen LogP contribution in [0, 0.1) is 5.82 Å². The molecule has 2 aromatic carbocycles. The number of carbonyl (C=O) groups is 2. The van der Waals surface area contributed by atoms with Gasteiger partial charge in [0, 0.05) is 35.9 Å². The molecule has 0 bridgehead atoms. The van der Waals surface area contributed by atoms with E-state index >= 15 is 0 Å². The molecule has 1 aliphatic heterocycles. The SMILES string of the molecule is COC(=O)c1c(-c2ccc(F)cc2)oc2cc(N)c3c(c12)CC(COC(C)=O)O3. The molecule has 7 nitrogen and oxygen atoms in total. The molecule has 1 atom stereocenters. The number of hydrogen-bond donors (Lipinski definition) is 1. The predicted octanol–water partition coefficient (Wildman–Crippen LogP) is 3.47. The number of rotatable bonds is 4. The zero-order valence-electron chi connectivity index (χ0n) is 15.8. The van der Waals surface area contributed by atoms with Crippen LogP contribution in [0.15, 0.2) is 34.7 Å². The summed E-state index contributed by atoms with van der Waals surface area (Å²) in [6, 6.07) is 7.16. The van der Waals surface area contributed by atoms with Gasteiger partial charge in [0.25, 0.3) is 0 Å². The quantitative estimate of drug-likeness (QED) is 0.529. The fourth-order valence-electron chi connectivity index (χ4n) is 3.52. The molecule has 2 heterocycles. The summed E-state index contributed by atoms with van der Waals surface area (Å²) in [7, 11) is 1.27. The average Bonchev–Trinajstić information content (AvgIpc) is 3.28. The van der Waals surface area contributed by atoms with E-state index in [1.807, 2.05) is 0 Å². The zero-order chi connectivity index (χ0) is 20.7. The molecule has 150 valence electrons. The molecule has 2 N–H and O–H groups in total. The molecule has 0 radical (unpaired) electrons. The van der Waals surface area contributed by atoms with E-state index in [0.29, 0.717) is 40.0 Å². The molecule has 0 saturated heterocycles. The monoisotopic (exact) mass is 399 g/mol. The van der Waals surface area contributed by atoms with Crippen molar-refractivity contribution < 1.29 is 32.6 Å². The van der Waals surface area contributed by atoms with Crippen LogP contribution in [0.1, 0.15) is 22.8 Å². The number of nitrogens with two attached hydrogens (primary N) is 1. The Balaban J connectivity index is 1.89. The summed E-state index contributed by atoms with van der Waals surface area (Å²) in [5.74, 6) is -0.746. The van der Waals surface area contributed by atoms with E-state index in [1.54, 1.807) is 6.07 Å². The standard InChI is InChI=1S/C21H18FNO6/c1-10(24)27-9-13-7-14-17-16(8-15(23)20(14)28-13)29-19(18(17)21(25)26-2)11-3-5-12(22)6-4-11/h3-6,8,13H,7,9,23H2,1-2H3. The van der Waals surface area contributed by atoms with Crippen molar-refractivity contribution in [3.63, 3.8) is 0 Å². The van der Waals surface area contributed by atoms with Gasteiger partial charge in [0.15, 0.2) is 0 Å². The van der Waals surface area contributed by atoms with Crippen molar-refractivity contribution in [2.24, 2.45) is 0 Å². The molecule has 1 unspecified atom stereocenters. The number of halogens is 1. The molecule has 1 aliphatic rings. The highest BCUT2D eigenvalue weighted by Crippen LogP contribution is 2.45. The van der Waals surface area contributed by atoms with Crippen LogP contribution in [0.5, 0.6) is 5.75 Å². The first-order valence-corrected chi connectivity index (χ1v) is 8.91. The van der Waals surface area contributed by atoms with Crippen molar-refractivity contribution in [1.29, 1.82) is 0 Å². The van der Waals surface area contributed by atoms with Crippen LogP contribution < -0.4 is 10.5 Å². The van der Waals surface area contributed by atoms with Crippen molar-refractivity contribution in [2.75, 3.05) is 19.5 Å². The van der Waals surface area contributed by atoms with Gasteiger partial charge in [-0.05, 0) is 24.3 Å². The van der Waals surface area contributed by atoms with E-state index in [-0.39, 0.29) is 17.9 Å². The van der Waals surface area contributed by atoms with Gasteiger partial charge in [0.2, 0.25) is 0 Å². The summed E-state index contributed by atoms with van der Waals surface area (Å²) in [5, 5.41) is 0.519. The number of furan rings is 1. The molecule has 0 fully saturated rings. The van der Waals surface area contributed by atoms with Crippen molar-refractivity contribution in [1.82, 2.24) is 0 Å². The molecular weight excluding hydrogens is 381 g/mol. The highest BCUT2D eigenvalue weighted by Gasteiger charge is 2.33. The summed E-state index contributed by atoms with van der Waals surface area (Å²) in [4.78, 5) is 23.7. The second-order valence-electron chi connectivity index (χ2n) is 6.70. The van der Waals surface area contributed by atoms with Gasteiger partial charge in [0.05, 0.1) is 12.8 Å². The molecule has 8 heteroatoms. The number of hydrogen-bond acceptors (Lipinski definition) is 7. The minimum atomic E-state index is -0.599. The third kappa shape index (κ3) is 3.26. The summed E-state index contributed by atoms with van der Waals surface area (Å²) >= 11 is 0. The van der Waals surface area contributed by atoms with Crippen LogP contribution >= 0.6 is 0 Å². The molecule has 0 aliphatic carbocycles. The van der Waals surface area contributed by atoms with Crippen molar-refractivity contribution in [3.05, 3.63) is 47.3 Å².